The van der Waals surface area contributed by atoms with E-state index < -0.39 is 11.6 Å². The Kier molecular flexibility index (Phi) is 5.69. The van der Waals surface area contributed by atoms with Gasteiger partial charge in [-0.25, -0.2) is 0 Å². The number of nitriles is 1. The second-order valence-electron chi connectivity index (χ2n) is 7.63. The van der Waals surface area contributed by atoms with Crippen molar-refractivity contribution < 1.29 is 19.4 Å². The molecule has 2 aromatic rings. The van der Waals surface area contributed by atoms with Crippen molar-refractivity contribution in [1.29, 1.82) is 5.26 Å². The molecule has 1 saturated heterocycles. The normalized spacial score (nSPS) is 22.9. The summed E-state index contributed by atoms with van der Waals surface area (Å²) in [5.41, 5.74) is 1.55. The Morgan fingerprint density at radius 2 is 2.00 bits per heavy atom. The maximum Gasteiger partial charge on any atom is 0.231 e. The highest BCUT2D eigenvalue weighted by molar-refractivity contribution is 8.03. The van der Waals surface area contributed by atoms with E-state index in [-0.39, 0.29) is 18.1 Å². The summed E-state index contributed by atoms with van der Waals surface area (Å²) in [5.74, 6) is 0.849. The summed E-state index contributed by atoms with van der Waals surface area (Å²) in [6.07, 6.45) is 0.0955. The van der Waals surface area contributed by atoms with Gasteiger partial charge in [-0.3, -0.25) is 9.69 Å². The molecular weight excluding hydrogens is 412 g/mol. The van der Waals surface area contributed by atoms with Crippen molar-refractivity contribution in [3.63, 3.8) is 0 Å². The van der Waals surface area contributed by atoms with Gasteiger partial charge in [0.1, 0.15) is 0 Å². The number of carbonyl (C=O) groups excluding carboxylic acids is 1. The molecule has 0 aliphatic carbocycles. The lowest BCUT2D eigenvalue weighted by atomic mass is 9.85. The number of nitrogens with zero attached hydrogens (tertiary/aromatic N) is 2. The first-order valence-electron chi connectivity index (χ1n) is 10.1. The van der Waals surface area contributed by atoms with E-state index in [0.29, 0.717) is 34.3 Å². The Labute approximate surface area is 186 Å². The zero-order valence-electron chi connectivity index (χ0n) is 17.7. The van der Waals surface area contributed by atoms with E-state index in [2.05, 4.69) is 6.07 Å². The van der Waals surface area contributed by atoms with Crippen LogP contribution in [0.4, 0.5) is 0 Å². The number of carbonyl (C=O) groups is 1. The van der Waals surface area contributed by atoms with Crippen molar-refractivity contribution in [3.05, 3.63) is 69.8 Å². The Morgan fingerprint density at radius 1 is 1.26 bits per heavy atom. The third-order valence-electron chi connectivity index (χ3n) is 5.71. The van der Waals surface area contributed by atoms with E-state index in [1.807, 2.05) is 50.2 Å². The number of aliphatic hydroxyl groups is 1. The zero-order chi connectivity index (χ0) is 22.2. The number of hydrogen-bond acceptors (Lipinski definition) is 6. The summed E-state index contributed by atoms with van der Waals surface area (Å²) >= 11 is 1.34. The van der Waals surface area contributed by atoms with Crippen LogP contribution < -0.4 is 9.47 Å². The molecule has 2 aliphatic rings. The van der Waals surface area contributed by atoms with Crippen molar-refractivity contribution in [1.82, 2.24) is 4.90 Å². The molecule has 1 amide bonds. The minimum absolute atomic E-state index is 0.0955. The minimum atomic E-state index is -1.46. The van der Waals surface area contributed by atoms with Gasteiger partial charge in [-0.1, -0.05) is 35.9 Å². The number of allylic oxidation sites excluding steroid dienone is 1. The van der Waals surface area contributed by atoms with Gasteiger partial charge in [-0.15, -0.1) is 11.8 Å². The molecule has 2 aliphatic heterocycles. The van der Waals surface area contributed by atoms with Gasteiger partial charge in [-0.05, 0) is 31.5 Å². The monoisotopic (exact) mass is 436 g/mol. The first-order chi connectivity index (χ1) is 14.9. The molecule has 0 radical (unpaired) electrons. The summed E-state index contributed by atoms with van der Waals surface area (Å²) in [4.78, 5) is 14.7. The van der Waals surface area contributed by atoms with Crippen LogP contribution in [0.3, 0.4) is 0 Å². The van der Waals surface area contributed by atoms with Crippen LogP contribution in [0.5, 0.6) is 11.5 Å². The maximum atomic E-state index is 13.3. The van der Waals surface area contributed by atoms with Crippen LogP contribution in [0.15, 0.2) is 53.1 Å². The number of thioether (sulfide) groups is 1. The Balaban J connectivity index is 1.76. The van der Waals surface area contributed by atoms with Crippen LogP contribution in [0.25, 0.3) is 0 Å². The van der Waals surface area contributed by atoms with Crippen molar-refractivity contribution in [3.8, 4) is 17.6 Å². The quantitative estimate of drug-likeness (QED) is 0.762. The highest BCUT2D eigenvalue weighted by Crippen LogP contribution is 2.52. The Hall–Kier alpha value is -2.95. The molecule has 2 atom stereocenters. The highest BCUT2D eigenvalue weighted by Gasteiger charge is 2.51. The molecule has 0 bridgehead atoms. The molecule has 7 heteroatoms. The highest BCUT2D eigenvalue weighted by atomic mass is 32.2. The number of rotatable bonds is 5. The topological polar surface area (TPSA) is 82.8 Å². The van der Waals surface area contributed by atoms with Crippen LogP contribution in [-0.2, 0) is 10.5 Å². The molecule has 0 saturated carbocycles. The van der Waals surface area contributed by atoms with Crippen LogP contribution in [0.2, 0.25) is 0 Å². The molecular formula is C24H24N2O4S. The van der Waals surface area contributed by atoms with E-state index in [1.54, 1.807) is 13.2 Å². The number of methoxy groups -OCH3 is 1. The van der Waals surface area contributed by atoms with E-state index in [0.717, 1.165) is 11.1 Å². The SMILES string of the molecule is CCOc1ccc([C@@H]2CC(=O)N3C(=C2C#N)SC[C@@]3(O)c2ccc(C)cc2)cc1OC. The average molecular weight is 437 g/mol. The predicted molar refractivity (Wildman–Crippen MR) is 119 cm³/mol. The number of aryl methyl sites for hydroxylation is 1. The van der Waals surface area contributed by atoms with Gasteiger partial charge in [0, 0.05) is 17.9 Å². The maximum absolute atomic E-state index is 13.3. The summed E-state index contributed by atoms with van der Waals surface area (Å²) in [7, 11) is 1.56. The summed E-state index contributed by atoms with van der Waals surface area (Å²) < 4.78 is 11.0. The van der Waals surface area contributed by atoms with Crippen molar-refractivity contribution in [2.75, 3.05) is 19.5 Å². The Morgan fingerprint density at radius 3 is 2.65 bits per heavy atom. The van der Waals surface area contributed by atoms with Gasteiger partial charge in [0.25, 0.3) is 0 Å². The first-order valence-corrected chi connectivity index (χ1v) is 11.1. The fraction of sp³-hybridized carbons (Fsp3) is 0.333. The molecule has 2 aromatic carbocycles. The van der Waals surface area contributed by atoms with Gasteiger partial charge < -0.3 is 14.6 Å². The molecule has 6 nitrogen and oxygen atoms in total. The second kappa shape index (κ2) is 8.29. The lowest BCUT2D eigenvalue weighted by Crippen LogP contribution is -2.48. The lowest BCUT2D eigenvalue weighted by molar-refractivity contribution is -0.149. The number of ether oxygens (including phenoxy) is 2. The molecule has 2 heterocycles. The van der Waals surface area contributed by atoms with Gasteiger partial charge in [0.15, 0.2) is 17.2 Å². The van der Waals surface area contributed by atoms with Crippen molar-refractivity contribution in [2.24, 2.45) is 0 Å². The van der Waals surface area contributed by atoms with E-state index >= 15 is 0 Å². The lowest BCUT2D eigenvalue weighted by Gasteiger charge is -2.38. The molecule has 31 heavy (non-hydrogen) atoms. The summed E-state index contributed by atoms with van der Waals surface area (Å²) in [6, 6.07) is 15.3. The van der Waals surface area contributed by atoms with Crippen LogP contribution in [0.1, 0.15) is 36.0 Å². The molecule has 160 valence electrons. The van der Waals surface area contributed by atoms with Crippen LogP contribution in [0, 0.1) is 18.3 Å². The number of amides is 1. The number of hydrogen-bond donors (Lipinski definition) is 1. The summed E-state index contributed by atoms with van der Waals surface area (Å²) in [5, 5.41) is 22.0. The van der Waals surface area contributed by atoms with Crippen molar-refractivity contribution in [2.45, 2.75) is 31.9 Å². The first kappa shape index (κ1) is 21.3. The number of benzene rings is 2. The average Bonchev–Trinajstić information content (AvgIpc) is 3.13. The minimum Gasteiger partial charge on any atom is -0.493 e. The van der Waals surface area contributed by atoms with Crippen LogP contribution in [-0.4, -0.2) is 35.4 Å². The van der Waals surface area contributed by atoms with Gasteiger partial charge in [0.05, 0.1) is 36.1 Å². The largest absolute Gasteiger partial charge is 0.493 e. The molecule has 1 fully saturated rings. The molecule has 0 unspecified atom stereocenters. The number of fused-ring (bicyclic) bond motifs is 1. The standard InChI is InChI=1S/C24H24N2O4S/c1-4-30-20-10-7-16(11-21(20)29-3)18-12-22(27)26-23(19(18)13-25)31-14-24(26,28)17-8-5-15(2)6-9-17/h5-11,18,28H,4,12,14H2,1-3H3/t18-,24+/m0/s1. The van der Waals surface area contributed by atoms with E-state index in [9.17, 15) is 15.2 Å². The third-order valence-corrected chi connectivity index (χ3v) is 6.94. The molecule has 0 spiro atoms. The van der Waals surface area contributed by atoms with E-state index in [4.69, 9.17) is 9.47 Å². The van der Waals surface area contributed by atoms with Gasteiger partial charge >= 0.3 is 0 Å². The second-order valence-corrected chi connectivity index (χ2v) is 8.60. The third kappa shape index (κ3) is 3.56. The predicted octanol–water partition coefficient (Wildman–Crippen LogP) is 4.05. The molecule has 1 N–H and O–H groups in total. The fourth-order valence-electron chi connectivity index (χ4n) is 4.12. The zero-order valence-corrected chi connectivity index (χ0v) is 18.5. The summed E-state index contributed by atoms with van der Waals surface area (Å²) in [6.45, 7) is 4.37. The fourth-order valence-corrected chi connectivity index (χ4v) is 5.48. The van der Waals surface area contributed by atoms with Gasteiger partial charge in [0.2, 0.25) is 5.91 Å². The smallest absolute Gasteiger partial charge is 0.231 e. The van der Waals surface area contributed by atoms with Gasteiger partial charge in [-0.2, -0.15) is 5.26 Å². The van der Waals surface area contributed by atoms with E-state index in [1.165, 1.54) is 16.7 Å². The molecule has 4 rings (SSSR count). The Bertz CT molecular complexity index is 1090. The van der Waals surface area contributed by atoms with Crippen LogP contribution >= 0.6 is 11.8 Å². The van der Waals surface area contributed by atoms with Crippen molar-refractivity contribution >= 4 is 17.7 Å². The molecule has 0 aromatic heterocycles.